The maximum Gasteiger partial charge on any atom is 0.222 e. The second kappa shape index (κ2) is 6.37. The largest absolute Gasteiger partial charge is 0.351 e. The van der Waals surface area contributed by atoms with Crippen molar-refractivity contribution in [3.8, 4) is 0 Å². The number of nitrogens with one attached hydrogen (secondary N) is 1. The molecule has 27 heavy (non-hydrogen) atoms. The molecule has 136 valence electrons. The van der Waals surface area contributed by atoms with Crippen LogP contribution in [-0.2, 0) is 6.42 Å². The van der Waals surface area contributed by atoms with E-state index in [0.29, 0.717) is 25.3 Å². The van der Waals surface area contributed by atoms with E-state index < -0.39 is 5.67 Å². The molecule has 0 saturated heterocycles. The Kier molecular flexibility index (Phi) is 3.85. The van der Waals surface area contributed by atoms with Crippen LogP contribution >= 0.6 is 0 Å². The molecule has 0 unspecified atom stereocenters. The number of aromatic nitrogens is 4. The lowest BCUT2D eigenvalue weighted by Gasteiger charge is -2.13. The molecule has 0 bridgehead atoms. The standard InChI is InChI=1S/C21H20FN5/c22-21(7-8-21)12-25-20-24-11-17-16(3-1-2-4-19(17)27-20)14-5-6-18-15(9-14)10-23-13-26-18/h3,5-6,9-11,13H,1-2,4,7-8,12H2,(H,24,25,27). The number of fused-ring (bicyclic) bond motifs is 2. The first-order valence-corrected chi connectivity index (χ1v) is 9.40. The summed E-state index contributed by atoms with van der Waals surface area (Å²) in [5.41, 5.74) is 4.20. The topological polar surface area (TPSA) is 63.6 Å². The molecule has 1 saturated carbocycles. The predicted octanol–water partition coefficient (Wildman–Crippen LogP) is 4.10. The summed E-state index contributed by atoms with van der Waals surface area (Å²) in [6.07, 6.45) is 11.7. The van der Waals surface area contributed by atoms with Crippen molar-refractivity contribution in [2.24, 2.45) is 0 Å². The molecule has 3 aromatic rings. The van der Waals surface area contributed by atoms with Gasteiger partial charge in [-0.05, 0) is 55.4 Å². The van der Waals surface area contributed by atoms with E-state index in [1.807, 2.05) is 18.5 Å². The van der Waals surface area contributed by atoms with E-state index in [1.165, 1.54) is 0 Å². The van der Waals surface area contributed by atoms with Crippen LogP contribution in [0.25, 0.3) is 16.5 Å². The SMILES string of the molecule is FC1(CNc2ncc3c(n2)CCCC=C3c2ccc3ncncc3c2)CC1. The number of nitrogens with zero attached hydrogens (tertiary/aromatic N) is 4. The van der Waals surface area contributed by atoms with Gasteiger partial charge in [-0.1, -0.05) is 12.1 Å². The predicted molar refractivity (Wildman–Crippen MR) is 103 cm³/mol. The van der Waals surface area contributed by atoms with Gasteiger partial charge in [0.1, 0.15) is 12.0 Å². The van der Waals surface area contributed by atoms with Crippen molar-refractivity contribution in [2.45, 2.75) is 37.8 Å². The van der Waals surface area contributed by atoms with E-state index in [9.17, 15) is 4.39 Å². The van der Waals surface area contributed by atoms with Crippen LogP contribution in [0.3, 0.4) is 0 Å². The van der Waals surface area contributed by atoms with Crippen molar-refractivity contribution in [1.29, 1.82) is 0 Å². The van der Waals surface area contributed by atoms with Crippen molar-refractivity contribution in [3.05, 3.63) is 59.8 Å². The van der Waals surface area contributed by atoms with E-state index in [1.54, 1.807) is 6.33 Å². The molecule has 1 N–H and O–H groups in total. The molecular weight excluding hydrogens is 341 g/mol. The zero-order valence-corrected chi connectivity index (χ0v) is 15.0. The van der Waals surface area contributed by atoms with E-state index in [0.717, 1.165) is 52.6 Å². The lowest BCUT2D eigenvalue weighted by Crippen LogP contribution is -2.18. The van der Waals surface area contributed by atoms with Crippen LogP contribution in [0.15, 0.2) is 43.0 Å². The minimum atomic E-state index is -1.06. The van der Waals surface area contributed by atoms with Crippen LogP contribution in [0.2, 0.25) is 0 Å². The van der Waals surface area contributed by atoms with Crippen LogP contribution in [-0.4, -0.2) is 32.1 Å². The smallest absolute Gasteiger partial charge is 0.222 e. The third-order valence-electron chi connectivity index (χ3n) is 5.30. The number of rotatable bonds is 4. The maximum atomic E-state index is 13.9. The van der Waals surface area contributed by atoms with E-state index in [2.05, 4.69) is 43.5 Å². The lowest BCUT2D eigenvalue weighted by atomic mass is 9.97. The Morgan fingerprint density at radius 3 is 2.96 bits per heavy atom. The first kappa shape index (κ1) is 16.3. The van der Waals surface area contributed by atoms with Gasteiger partial charge in [0.05, 0.1) is 17.8 Å². The molecule has 2 aliphatic rings. The summed E-state index contributed by atoms with van der Waals surface area (Å²) in [6, 6.07) is 6.22. The molecule has 2 aliphatic carbocycles. The number of aryl methyl sites for hydroxylation is 1. The zero-order valence-electron chi connectivity index (χ0n) is 15.0. The second-order valence-corrected chi connectivity index (χ2v) is 7.36. The zero-order chi connectivity index (χ0) is 18.3. The van der Waals surface area contributed by atoms with Gasteiger partial charge >= 0.3 is 0 Å². The number of alkyl halides is 1. The Balaban J connectivity index is 1.49. The highest BCUT2D eigenvalue weighted by molar-refractivity contribution is 5.87. The minimum absolute atomic E-state index is 0.291. The summed E-state index contributed by atoms with van der Waals surface area (Å²) in [4.78, 5) is 17.6. The number of anilines is 1. The minimum Gasteiger partial charge on any atom is -0.351 e. The fraction of sp³-hybridized carbons (Fsp3) is 0.333. The highest BCUT2D eigenvalue weighted by Crippen LogP contribution is 2.39. The van der Waals surface area contributed by atoms with Gasteiger partial charge in [-0.25, -0.2) is 24.3 Å². The van der Waals surface area contributed by atoms with Gasteiger partial charge in [-0.2, -0.15) is 0 Å². The Labute approximate surface area is 156 Å². The quantitative estimate of drug-likeness (QED) is 0.758. The Morgan fingerprint density at radius 2 is 2.07 bits per heavy atom. The first-order valence-electron chi connectivity index (χ1n) is 9.40. The van der Waals surface area contributed by atoms with Gasteiger partial charge in [-0.15, -0.1) is 0 Å². The van der Waals surface area contributed by atoms with Gasteiger partial charge < -0.3 is 5.32 Å². The summed E-state index contributed by atoms with van der Waals surface area (Å²) in [5, 5.41) is 4.08. The molecular formula is C21H20FN5. The summed E-state index contributed by atoms with van der Waals surface area (Å²) in [7, 11) is 0. The summed E-state index contributed by atoms with van der Waals surface area (Å²) in [5.74, 6) is 0.519. The van der Waals surface area contributed by atoms with Crippen LogP contribution < -0.4 is 5.32 Å². The number of benzene rings is 1. The van der Waals surface area contributed by atoms with Gasteiger partial charge in [0.15, 0.2) is 0 Å². The van der Waals surface area contributed by atoms with Crippen LogP contribution in [0.5, 0.6) is 0 Å². The van der Waals surface area contributed by atoms with Crippen molar-refractivity contribution in [2.75, 3.05) is 11.9 Å². The molecule has 0 amide bonds. The number of hydrogen-bond acceptors (Lipinski definition) is 5. The summed E-state index contributed by atoms with van der Waals surface area (Å²) >= 11 is 0. The molecule has 2 heterocycles. The molecule has 0 spiro atoms. The molecule has 5 nitrogen and oxygen atoms in total. The fourth-order valence-electron chi connectivity index (χ4n) is 3.52. The van der Waals surface area contributed by atoms with Gasteiger partial charge in [-0.3, -0.25) is 0 Å². The molecule has 0 atom stereocenters. The molecule has 2 aromatic heterocycles. The Bertz CT molecular complexity index is 1040. The van der Waals surface area contributed by atoms with Crippen LogP contribution in [0.4, 0.5) is 10.3 Å². The molecule has 1 aromatic carbocycles. The van der Waals surface area contributed by atoms with Crippen molar-refractivity contribution in [1.82, 2.24) is 19.9 Å². The van der Waals surface area contributed by atoms with E-state index in [-0.39, 0.29) is 0 Å². The molecule has 1 fully saturated rings. The van der Waals surface area contributed by atoms with E-state index >= 15 is 0 Å². The summed E-state index contributed by atoms with van der Waals surface area (Å²) < 4.78 is 13.9. The lowest BCUT2D eigenvalue weighted by molar-refractivity contribution is 0.326. The van der Waals surface area contributed by atoms with Gasteiger partial charge in [0.25, 0.3) is 0 Å². The van der Waals surface area contributed by atoms with Crippen molar-refractivity contribution in [3.63, 3.8) is 0 Å². The van der Waals surface area contributed by atoms with E-state index in [4.69, 9.17) is 0 Å². The highest BCUT2D eigenvalue weighted by atomic mass is 19.1. The fourth-order valence-corrected chi connectivity index (χ4v) is 3.52. The Morgan fingerprint density at radius 1 is 1.15 bits per heavy atom. The number of hydrogen-bond donors (Lipinski definition) is 1. The van der Waals surface area contributed by atoms with Crippen LogP contribution in [0, 0.1) is 0 Å². The third kappa shape index (κ3) is 3.27. The monoisotopic (exact) mass is 361 g/mol. The second-order valence-electron chi connectivity index (χ2n) is 7.36. The summed E-state index contributed by atoms with van der Waals surface area (Å²) in [6.45, 7) is 0.291. The van der Waals surface area contributed by atoms with Crippen molar-refractivity contribution >= 4 is 22.4 Å². The first-order chi connectivity index (χ1) is 13.2. The average molecular weight is 361 g/mol. The molecule has 0 radical (unpaired) electrons. The van der Waals surface area contributed by atoms with Gasteiger partial charge in [0.2, 0.25) is 5.95 Å². The number of allylic oxidation sites excluding steroid dienone is 1. The van der Waals surface area contributed by atoms with Crippen LogP contribution in [0.1, 0.15) is 42.5 Å². The van der Waals surface area contributed by atoms with Crippen molar-refractivity contribution < 1.29 is 4.39 Å². The number of halogens is 1. The Hall–Kier alpha value is -2.89. The third-order valence-corrected chi connectivity index (χ3v) is 5.30. The normalized spacial score (nSPS) is 17.7. The maximum absolute atomic E-state index is 13.9. The molecule has 0 aliphatic heterocycles. The average Bonchev–Trinajstić information content (AvgIpc) is 3.47. The molecule has 5 rings (SSSR count). The van der Waals surface area contributed by atoms with Gasteiger partial charge in [0, 0.05) is 23.3 Å². The highest BCUT2D eigenvalue weighted by Gasteiger charge is 2.43. The molecule has 6 heteroatoms.